The molecule has 0 radical (unpaired) electrons. The molecule has 8 heteroatoms. The lowest BCUT2D eigenvalue weighted by molar-refractivity contribution is 0.252. The first-order valence-corrected chi connectivity index (χ1v) is 8.00. The summed E-state index contributed by atoms with van der Waals surface area (Å²) in [5, 5.41) is 5.80. The van der Waals surface area contributed by atoms with Crippen molar-refractivity contribution < 1.29 is 9.53 Å². The number of aromatic nitrogens is 3. The van der Waals surface area contributed by atoms with Gasteiger partial charge in [-0.1, -0.05) is 11.6 Å². The number of amides is 2. The van der Waals surface area contributed by atoms with Crippen molar-refractivity contribution in [1.29, 1.82) is 0 Å². The predicted octanol–water partition coefficient (Wildman–Crippen LogP) is 3.50. The molecule has 0 aliphatic rings. The Hall–Kier alpha value is -2.93. The predicted molar refractivity (Wildman–Crippen MR) is 97.0 cm³/mol. The van der Waals surface area contributed by atoms with Gasteiger partial charge in [-0.05, 0) is 37.3 Å². The smallest absolute Gasteiger partial charge is 0.320 e. The van der Waals surface area contributed by atoms with E-state index < -0.39 is 0 Å². The summed E-state index contributed by atoms with van der Waals surface area (Å²) in [6.07, 6.45) is 1.49. The molecule has 0 spiro atoms. The van der Waals surface area contributed by atoms with E-state index in [9.17, 15) is 4.79 Å². The van der Waals surface area contributed by atoms with Crippen molar-refractivity contribution in [2.45, 2.75) is 6.92 Å². The summed E-state index contributed by atoms with van der Waals surface area (Å²) in [6.45, 7) is 2.35. The highest BCUT2D eigenvalue weighted by Crippen LogP contribution is 2.28. The number of nitrogens with zero attached hydrogens (tertiary/aromatic N) is 3. The van der Waals surface area contributed by atoms with E-state index in [-0.39, 0.29) is 6.03 Å². The molecular weight excluding hydrogens is 342 g/mol. The third-order valence-electron chi connectivity index (χ3n) is 3.39. The minimum absolute atomic E-state index is 0.326. The lowest BCUT2D eigenvalue weighted by Gasteiger charge is -2.08. The van der Waals surface area contributed by atoms with Gasteiger partial charge >= 0.3 is 6.03 Å². The van der Waals surface area contributed by atoms with Gasteiger partial charge in [-0.25, -0.2) is 19.7 Å². The molecule has 0 saturated carbocycles. The summed E-state index contributed by atoms with van der Waals surface area (Å²) >= 11 is 6.12. The molecular formula is C17H16ClN5O2. The van der Waals surface area contributed by atoms with Crippen molar-refractivity contribution in [3.05, 3.63) is 41.6 Å². The molecule has 2 amide bonds. The van der Waals surface area contributed by atoms with E-state index >= 15 is 0 Å². The van der Waals surface area contributed by atoms with Gasteiger partial charge in [-0.3, -0.25) is 5.32 Å². The molecule has 3 aromatic rings. The number of hydrogen-bond donors (Lipinski definition) is 2. The number of anilines is 1. The molecule has 0 saturated heterocycles. The standard InChI is InChI=1S/C17H16ClN5O2/c1-3-19-17(24)23-15-9-20-14-5-4-13(21-16(14)22-15)10-6-11(18)8-12(7-10)25-2/h4-9H,3H2,1-2H3,(H2,19,21,22,23,24). The highest BCUT2D eigenvalue weighted by atomic mass is 35.5. The van der Waals surface area contributed by atoms with Gasteiger partial charge in [0.25, 0.3) is 0 Å². The summed E-state index contributed by atoms with van der Waals surface area (Å²) in [6, 6.07) is 8.66. The van der Waals surface area contributed by atoms with Crippen molar-refractivity contribution >= 4 is 34.6 Å². The quantitative estimate of drug-likeness (QED) is 0.746. The number of ether oxygens (including phenoxy) is 1. The van der Waals surface area contributed by atoms with Gasteiger partial charge < -0.3 is 10.1 Å². The van der Waals surface area contributed by atoms with Gasteiger partial charge in [0.2, 0.25) is 0 Å². The zero-order chi connectivity index (χ0) is 17.8. The fourth-order valence-corrected chi connectivity index (χ4v) is 2.49. The summed E-state index contributed by atoms with van der Waals surface area (Å²) in [5.41, 5.74) is 2.53. The van der Waals surface area contributed by atoms with Crippen LogP contribution in [-0.4, -0.2) is 34.6 Å². The minimum Gasteiger partial charge on any atom is -0.497 e. The molecule has 128 valence electrons. The lowest BCUT2D eigenvalue weighted by Crippen LogP contribution is -2.28. The number of urea groups is 1. The second kappa shape index (κ2) is 7.31. The number of hydrogen-bond acceptors (Lipinski definition) is 5. The number of carbonyl (C=O) groups excluding carboxylic acids is 1. The molecule has 2 aromatic heterocycles. The molecule has 0 unspecified atom stereocenters. The number of nitrogens with one attached hydrogen (secondary N) is 2. The van der Waals surface area contributed by atoms with E-state index in [0.717, 1.165) is 5.56 Å². The second-order valence-electron chi connectivity index (χ2n) is 5.16. The molecule has 0 aliphatic heterocycles. The van der Waals surface area contributed by atoms with Crippen molar-refractivity contribution in [3.63, 3.8) is 0 Å². The second-order valence-corrected chi connectivity index (χ2v) is 5.60. The Morgan fingerprint density at radius 1 is 1.24 bits per heavy atom. The van der Waals surface area contributed by atoms with Gasteiger partial charge in [0, 0.05) is 17.1 Å². The van der Waals surface area contributed by atoms with Gasteiger partial charge in [0.05, 0.1) is 19.0 Å². The van der Waals surface area contributed by atoms with E-state index in [1.165, 1.54) is 6.20 Å². The van der Waals surface area contributed by atoms with E-state index in [1.54, 1.807) is 19.2 Å². The van der Waals surface area contributed by atoms with Crippen LogP contribution in [0.1, 0.15) is 6.92 Å². The van der Waals surface area contributed by atoms with Crippen LogP contribution in [0.3, 0.4) is 0 Å². The average molecular weight is 358 g/mol. The van der Waals surface area contributed by atoms with Crippen LogP contribution in [0.2, 0.25) is 5.02 Å². The monoisotopic (exact) mass is 357 g/mol. The summed E-state index contributed by atoms with van der Waals surface area (Å²) in [5.74, 6) is 0.967. The number of fused-ring (bicyclic) bond motifs is 1. The SMILES string of the molecule is CCNC(=O)Nc1cnc2ccc(-c3cc(Cl)cc(OC)c3)nc2n1. The fraction of sp³-hybridized carbons (Fsp3) is 0.176. The van der Waals surface area contributed by atoms with Crippen LogP contribution in [0.15, 0.2) is 36.5 Å². The molecule has 2 N–H and O–H groups in total. The Morgan fingerprint density at radius 2 is 2.08 bits per heavy atom. The van der Waals surface area contributed by atoms with E-state index in [4.69, 9.17) is 16.3 Å². The van der Waals surface area contributed by atoms with E-state index in [2.05, 4.69) is 25.6 Å². The number of rotatable bonds is 4. The van der Waals surface area contributed by atoms with Gasteiger partial charge in [-0.15, -0.1) is 0 Å². The van der Waals surface area contributed by atoms with Crippen molar-refractivity contribution in [2.24, 2.45) is 0 Å². The Balaban J connectivity index is 1.98. The van der Waals surface area contributed by atoms with Crippen LogP contribution in [0.5, 0.6) is 5.75 Å². The Morgan fingerprint density at radius 3 is 2.84 bits per heavy atom. The van der Waals surface area contributed by atoms with Crippen LogP contribution in [-0.2, 0) is 0 Å². The molecule has 1 aromatic carbocycles. The van der Waals surface area contributed by atoms with Crippen molar-refractivity contribution in [3.8, 4) is 17.0 Å². The molecule has 3 rings (SSSR count). The largest absolute Gasteiger partial charge is 0.497 e. The Kier molecular flexibility index (Phi) is 4.95. The van der Waals surface area contributed by atoms with Crippen LogP contribution in [0.25, 0.3) is 22.4 Å². The highest BCUT2D eigenvalue weighted by molar-refractivity contribution is 6.31. The van der Waals surface area contributed by atoms with E-state index in [0.29, 0.717) is 40.0 Å². The number of benzene rings is 1. The molecule has 0 atom stereocenters. The molecule has 0 bridgehead atoms. The molecule has 25 heavy (non-hydrogen) atoms. The maximum absolute atomic E-state index is 11.6. The lowest BCUT2D eigenvalue weighted by atomic mass is 10.1. The number of methoxy groups -OCH3 is 1. The first kappa shape index (κ1) is 16.9. The fourth-order valence-electron chi connectivity index (χ4n) is 2.27. The molecule has 0 fully saturated rings. The van der Waals surface area contributed by atoms with Crippen LogP contribution in [0, 0.1) is 0 Å². The third-order valence-corrected chi connectivity index (χ3v) is 3.61. The maximum Gasteiger partial charge on any atom is 0.320 e. The maximum atomic E-state index is 11.6. The van der Waals surface area contributed by atoms with Crippen LogP contribution in [0.4, 0.5) is 10.6 Å². The topological polar surface area (TPSA) is 89.0 Å². The zero-order valence-corrected chi connectivity index (χ0v) is 14.5. The third kappa shape index (κ3) is 3.95. The van der Waals surface area contributed by atoms with Crippen LogP contribution < -0.4 is 15.4 Å². The van der Waals surface area contributed by atoms with Crippen molar-refractivity contribution in [1.82, 2.24) is 20.3 Å². The number of carbonyl (C=O) groups is 1. The zero-order valence-electron chi connectivity index (χ0n) is 13.7. The van der Waals surface area contributed by atoms with Gasteiger partial charge in [0.15, 0.2) is 11.5 Å². The summed E-state index contributed by atoms with van der Waals surface area (Å²) < 4.78 is 5.24. The van der Waals surface area contributed by atoms with Gasteiger partial charge in [-0.2, -0.15) is 0 Å². The molecule has 2 heterocycles. The van der Waals surface area contributed by atoms with Gasteiger partial charge in [0.1, 0.15) is 11.3 Å². The summed E-state index contributed by atoms with van der Waals surface area (Å²) in [7, 11) is 1.58. The summed E-state index contributed by atoms with van der Waals surface area (Å²) in [4.78, 5) is 24.7. The van der Waals surface area contributed by atoms with Crippen molar-refractivity contribution in [2.75, 3.05) is 19.0 Å². The normalized spacial score (nSPS) is 10.5. The van der Waals surface area contributed by atoms with E-state index in [1.807, 2.05) is 25.1 Å². The molecule has 7 nitrogen and oxygen atoms in total. The average Bonchev–Trinajstić information content (AvgIpc) is 2.60. The minimum atomic E-state index is -0.341. The first-order valence-electron chi connectivity index (χ1n) is 7.62. The number of halogens is 1. The highest BCUT2D eigenvalue weighted by Gasteiger charge is 2.08. The molecule has 0 aliphatic carbocycles. The Bertz CT molecular complexity index is 932. The number of pyridine rings is 1. The first-order chi connectivity index (χ1) is 12.1. The Labute approximate surface area is 149 Å². The van der Waals surface area contributed by atoms with Crippen LogP contribution >= 0.6 is 11.6 Å².